The molecule has 2 nitrogen and oxygen atoms in total. The molecular formula is C14H33NO. The lowest BCUT2D eigenvalue weighted by Crippen LogP contribution is -2.16. The van der Waals surface area contributed by atoms with Crippen LogP contribution in [-0.2, 0) is 4.74 Å². The van der Waals surface area contributed by atoms with Crippen molar-refractivity contribution in [3.63, 3.8) is 0 Å². The first-order valence-electron chi connectivity index (χ1n) is 6.94. The van der Waals surface area contributed by atoms with Gasteiger partial charge in [-0.2, -0.15) is 0 Å². The molecule has 16 heavy (non-hydrogen) atoms. The molecule has 2 heteroatoms. The van der Waals surface area contributed by atoms with Gasteiger partial charge in [0.25, 0.3) is 0 Å². The molecule has 0 spiro atoms. The second kappa shape index (κ2) is 20.3. The van der Waals surface area contributed by atoms with Crippen LogP contribution in [0.25, 0.3) is 0 Å². The summed E-state index contributed by atoms with van der Waals surface area (Å²) in [5, 5.41) is 3.50. The van der Waals surface area contributed by atoms with E-state index in [1.165, 1.54) is 64.5 Å². The normalized spacial score (nSPS) is 9.75. The van der Waals surface area contributed by atoms with E-state index in [1.54, 1.807) is 14.2 Å². The van der Waals surface area contributed by atoms with E-state index in [1.807, 2.05) is 0 Å². The fraction of sp³-hybridized carbons (Fsp3) is 1.00. The SMILES string of the molecule is CCCCCCNCCCCCC.COC. The Bertz CT molecular complexity index is 86.7. The van der Waals surface area contributed by atoms with Crippen LogP contribution in [0.5, 0.6) is 0 Å². The predicted molar refractivity (Wildman–Crippen MR) is 74.1 cm³/mol. The standard InChI is InChI=1S/C12H27N.C2H6O/c1-3-5-7-9-11-13-12-10-8-6-4-2;1-3-2/h13H,3-12H2,1-2H3;1-2H3. The molecule has 0 bridgehead atoms. The number of hydrogen-bond donors (Lipinski definition) is 1. The molecule has 0 saturated carbocycles. The first-order chi connectivity index (χ1) is 7.83. The van der Waals surface area contributed by atoms with E-state index in [0.29, 0.717) is 0 Å². The molecular weight excluding hydrogens is 198 g/mol. The minimum Gasteiger partial charge on any atom is -0.388 e. The molecule has 0 aliphatic carbocycles. The van der Waals surface area contributed by atoms with Gasteiger partial charge in [-0.1, -0.05) is 52.4 Å². The third-order valence-corrected chi connectivity index (χ3v) is 2.41. The van der Waals surface area contributed by atoms with E-state index in [4.69, 9.17) is 0 Å². The predicted octanol–water partition coefficient (Wildman–Crippen LogP) is 4.00. The first kappa shape index (κ1) is 18.3. The van der Waals surface area contributed by atoms with Gasteiger partial charge in [-0.3, -0.25) is 0 Å². The molecule has 0 radical (unpaired) electrons. The van der Waals surface area contributed by atoms with Crippen molar-refractivity contribution < 1.29 is 4.74 Å². The molecule has 0 rings (SSSR count). The Hall–Kier alpha value is -0.0800. The second-order valence-electron chi connectivity index (χ2n) is 4.28. The highest BCUT2D eigenvalue weighted by Crippen LogP contribution is 1.98. The van der Waals surface area contributed by atoms with Crippen molar-refractivity contribution in [3.8, 4) is 0 Å². The average Bonchev–Trinajstić information content (AvgIpc) is 2.28. The minimum atomic E-state index is 1.23. The summed E-state index contributed by atoms with van der Waals surface area (Å²) in [6.07, 6.45) is 11.0. The Morgan fingerprint density at radius 2 is 1.06 bits per heavy atom. The van der Waals surface area contributed by atoms with Crippen molar-refractivity contribution in [1.82, 2.24) is 5.32 Å². The van der Waals surface area contributed by atoms with Gasteiger partial charge >= 0.3 is 0 Å². The van der Waals surface area contributed by atoms with Gasteiger partial charge in [0.1, 0.15) is 0 Å². The average molecular weight is 231 g/mol. The van der Waals surface area contributed by atoms with E-state index < -0.39 is 0 Å². The van der Waals surface area contributed by atoms with Crippen molar-refractivity contribution in [2.75, 3.05) is 27.3 Å². The maximum atomic E-state index is 4.25. The third kappa shape index (κ3) is 23.6. The monoisotopic (exact) mass is 231 g/mol. The number of ether oxygens (including phenoxy) is 1. The van der Waals surface area contributed by atoms with Crippen LogP contribution in [0.15, 0.2) is 0 Å². The first-order valence-corrected chi connectivity index (χ1v) is 6.94. The number of rotatable bonds is 10. The summed E-state index contributed by atoms with van der Waals surface area (Å²) >= 11 is 0. The third-order valence-electron chi connectivity index (χ3n) is 2.41. The molecule has 0 saturated heterocycles. The zero-order valence-corrected chi connectivity index (χ0v) is 12.0. The van der Waals surface area contributed by atoms with Crippen molar-refractivity contribution in [1.29, 1.82) is 0 Å². The molecule has 0 atom stereocenters. The summed E-state index contributed by atoms with van der Waals surface area (Å²) < 4.78 is 4.25. The minimum absolute atomic E-state index is 1.23. The Kier molecular flexibility index (Phi) is 23.3. The van der Waals surface area contributed by atoms with Crippen LogP contribution in [0.2, 0.25) is 0 Å². The molecule has 100 valence electrons. The van der Waals surface area contributed by atoms with Crippen LogP contribution in [0, 0.1) is 0 Å². The molecule has 0 aromatic carbocycles. The molecule has 0 aromatic heterocycles. The Balaban J connectivity index is 0. The van der Waals surface area contributed by atoms with Gasteiger partial charge in [0.05, 0.1) is 0 Å². The van der Waals surface area contributed by atoms with Crippen molar-refractivity contribution in [3.05, 3.63) is 0 Å². The highest BCUT2D eigenvalue weighted by molar-refractivity contribution is 4.49. The van der Waals surface area contributed by atoms with Crippen molar-refractivity contribution >= 4 is 0 Å². The zero-order chi connectivity index (χ0) is 12.5. The maximum absolute atomic E-state index is 4.25. The number of unbranched alkanes of at least 4 members (excludes halogenated alkanes) is 6. The Labute approximate surface area is 103 Å². The fourth-order valence-electron chi connectivity index (χ4n) is 1.48. The lowest BCUT2D eigenvalue weighted by Gasteiger charge is -2.03. The Morgan fingerprint density at radius 1 is 0.688 bits per heavy atom. The van der Waals surface area contributed by atoms with E-state index in [-0.39, 0.29) is 0 Å². The maximum Gasteiger partial charge on any atom is 0.0351 e. The van der Waals surface area contributed by atoms with Crippen LogP contribution in [0.4, 0.5) is 0 Å². The van der Waals surface area contributed by atoms with Gasteiger partial charge in [0.2, 0.25) is 0 Å². The van der Waals surface area contributed by atoms with Crippen molar-refractivity contribution in [2.45, 2.75) is 65.2 Å². The molecule has 0 fully saturated rings. The number of hydrogen-bond acceptors (Lipinski definition) is 2. The molecule has 0 heterocycles. The van der Waals surface area contributed by atoms with Crippen LogP contribution in [-0.4, -0.2) is 27.3 Å². The van der Waals surface area contributed by atoms with E-state index >= 15 is 0 Å². The summed E-state index contributed by atoms with van der Waals surface area (Å²) in [5.41, 5.74) is 0. The van der Waals surface area contributed by atoms with Crippen LogP contribution >= 0.6 is 0 Å². The van der Waals surface area contributed by atoms with E-state index in [9.17, 15) is 0 Å². The zero-order valence-electron chi connectivity index (χ0n) is 12.0. The summed E-state index contributed by atoms with van der Waals surface area (Å²) in [6, 6.07) is 0. The molecule has 0 aliphatic rings. The summed E-state index contributed by atoms with van der Waals surface area (Å²) in [7, 11) is 3.25. The quantitative estimate of drug-likeness (QED) is 0.574. The largest absolute Gasteiger partial charge is 0.388 e. The van der Waals surface area contributed by atoms with Crippen LogP contribution in [0.3, 0.4) is 0 Å². The lowest BCUT2D eigenvalue weighted by molar-refractivity contribution is 0.277. The van der Waals surface area contributed by atoms with Gasteiger partial charge in [-0.25, -0.2) is 0 Å². The smallest absolute Gasteiger partial charge is 0.0351 e. The molecule has 0 aliphatic heterocycles. The van der Waals surface area contributed by atoms with Gasteiger partial charge in [-0.15, -0.1) is 0 Å². The van der Waals surface area contributed by atoms with Gasteiger partial charge < -0.3 is 10.1 Å². The van der Waals surface area contributed by atoms with E-state index in [2.05, 4.69) is 23.9 Å². The van der Waals surface area contributed by atoms with Crippen molar-refractivity contribution in [2.24, 2.45) is 0 Å². The topological polar surface area (TPSA) is 21.3 Å². The summed E-state index contributed by atoms with van der Waals surface area (Å²) in [6.45, 7) is 6.98. The van der Waals surface area contributed by atoms with Crippen LogP contribution < -0.4 is 5.32 Å². The number of methoxy groups -OCH3 is 1. The number of nitrogens with one attached hydrogen (secondary N) is 1. The Morgan fingerprint density at radius 3 is 1.38 bits per heavy atom. The van der Waals surface area contributed by atoms with Gasteiger partial charge in [0, 0.05) is 14.2 Å². The molecule has 0 unspecified atom stereocenters. The molecule has 1 N–H and O–H groups in total. The van der Waals surface area contributed by atoms with Crippen LogP contribution in [0.1, 0.15) is 65.2 Å². The summed E-state index contributed by atoms with van der Waals surface area (Å²) in [5.74, 6) is 0. The second-order valence-corrected chi connectivity index (χ2v) is 4.28. The van der Waals surface area contributed by atoms with Gasteiger partial charge in [0.15, 0.2) is 0 Å². The van der Waals surface area contributed by atoms with E-state index in [0.717, 1.165) is 0 Å². The lowest BCUT2D eigenvalue weighted by atomic mass is 10.2. The highest BCUT2D eigenvalue weighted by atomic mass is 16.4. The fourth-order valence-corrected chi connectivity index (χ4v) is 1.48. The molecule has 0 aromatic rings. The molecule has 0 amide bonds. The highest BCUT2D eigenvalue weighted by Gasteiger charge is 1.89. The summed E-state index contributed by atoms with van der Waals surface area (Å²) in [4.78, 5) is 0. The van der Waals surface area contributed by atoms with Gasteiger partial charge in [-0.05, 0) is 25.9 Å².